The van der Waals surface area contributed by atoms with E-state index >= 15 is 0 Å². The van der Waals surface area contributed by atoms with Crippen LogP contribution in [0.3, 0.4) is 0 Å². The van der Waals surface area contributed by atoms with Gasteiger partial charge < -0.3 is 9.84 Å². The van der Waals surface area contributed by atoms with Gasteiger partial charge >= 0.3 is 0 Å². The minimum Gasteiger partial charge on any atom is -0.338 e. The third-order valence-electron chi connectivity index (χ3n) is 3.25. The fraction of sp³-hybridized carbons (Fsp3) is 0.615. The van der Waals surface area contributed by atoms with Gasteiger partial charge in [-0.15, -0.1) is 0 Å². The summed E-state index contributed by atoms with van der Waals surface area (Å²) in [5, 5.41) is 11.6. The molecule has 0 aromatic carbocycles. The molecule has 1 fully saturated rings. The first-order chi connectivity index (χ1) is 9.20. The van der Waals surface area contributed by atoms with E-state index in [4.69, 9.17) is 4.52 Å². The fourth-order valence-electron chi connectivity index (χ4n) is 2.02. The first-order valence-corrected chi connectivity index (χ1v) is 6.75. The van der Waals surface area contributed by atoms with Crippen molar-refractivity contribution in [3.8, 4) is 0 Å². The van der Waals surface area contributed by atoms with Crippen LogP contribution in [0, 0.1) is 6.92 Å². The summed E-state index contributed by atoms with van der Waals surface area (Å²) in [6.07, 6.45) is 6.30. The molecule has 6 nitrogen and oxygen atoms in total. The Kier molecular flexibility index (Phi) is 3.33. The van der Waals surface area contributed by atoms with E-state index in [1.807, 2.05) is 24.0 Å². The van der Waals surface area contributed by atoms with Crippen LogP contribution in [0.4, 0.5) is 0 Å². The smallest absolute Gasteiger partial charge is 0.240 e. The maximum Gasteiger partial charge on any atom is 0.240 e. The zero-order valence-corrected chi connectivity index (χ0v) is 11.3. The molecule has 2 heterocycles. The second kappa shape index (κ2) is 5.13. The molecule has 0 bridgehead atoms. The lowest BCUT2D eigenvalue weighted by Gasteiger charge is -2.11. The zero-order chi connectivity index (χ0) is 13.2. The van der Waals surface area contributed by atoms with E-state index in [1.54, 1.807) is 0 Å². The zero-order valence-electron chi connectivity index (χ0n) is 11.3. The monoisotopic (exact) mass is 261 g/mol. The summed E-state index contributed by atoms with van der Waals surface area (Å²) < 4.78 is 7.17. The SMILES string of the molecule is Cc1cnn(C[C@H](C)NCc2nc(C3CC3)no2)c1. The maximum absolute atomic E-state index is 5.22. The topological polar surface area (TPSA) is 68.8 Å². The number of nitrogens with one attached hydrogen (secondary N) is 1. The number of rotatable bonds is 6. The Morgan fingerprint density at radius 1 is 1.53 bits per heavy atom. The molecule has 0 aliphatic heterocycles. The number of hydrogen-bond acceptors (Lipinski definition) is 5. The molecule has 3 rings (SSSR count). The number of aromatic nitrogens is 4. The normalized spacial score (nSPS) is 16.7. The molecule has 2 aromatic rings. The van der Waals surface area contributed by atoms with Crippen molar-refractivity contribution in [2.24, 2.45) is 0 Å². The molecule has 2 aromatic heterocycles. The second-order valence-corrected chi connectivity index (χ2v) is 5.34. The van der Waals surface area contributed by atoms with E-state index in [0.717, 1.165) is 12.4 Å². The number of nitrogens with zero attached hydrogens (tertiary/aromatic N) is 4. The lowest BCUT2D eigenvalue weighted by molar-refractivity contribution is 0.347. The Bertz CT molecular complexity index is 543. The van der Waals surface area contributed by atoms with Gasteiger partial charge in [0.2, 0.25) is 5.89 Å². The predicted octanol–water partition coefficient (Wildman–Crippen LogP) is 1.63. The van der Waals surface area contributed by atoms with Crippen LogP contribution in [0.25, 0.3) is 0 Å². The summed E-state index contributed by atoms with van der Waals surface area (Å²) >= 11 is 0. The van der Waals surface area contributed by atoms with E-state index in [-0.39, 0.29) is 0 Å². The molecule has 0 unspecified atom stereocenters. The first kappa shape index (κ1) is 12.3. The van der Waals surface area contributed by atoms with Crippen LogP contribution < -0.4 is 5.32 Å². The Labute approximate surface area is 112 Å². The summed E-state index contributed by atoms with van der Waals surface area (Å²) in [4.78, 5) is 4.39. The van der Waals surface area contributed by atoms with Crippen LogP contribution in [-0.4, -0.2) is 26.0 Å². The van der Waals surface area contributed by atoms with E-state index < -0.39 is 0 Å². The molecule has 0 spiro atoms. The van der Waals surface area contributed by atoms with Crippen LogP contribution in [0.1, 0.15) is 43.0 Å². The van der Waals surface area contributed by atoms with Gasteiger partial charge in [0.05, 0.1) is 19.3 Å². The second-order valence-electron chi connectivity index (χ2n) is 5.34. The maximum atomic E-state index is 5.22. The molecule has 102 valence electrons. The van der Waals surface area contributed by atoms with Gasteiger partial charge in [-0.05, 0) is 32.3 Å². The highest BCUT2D eigenvalue weighted by atomic mass is 16.5. The van der Waals surface area contributed by atoms with Gasteiger partial charge in [-0.1, -0.05) is 5.16 Å². The van der Waals surface area contributed by atoms with E-state index in [1.165, 1.54) is 18.4 Å². The van der Waals surface area contributed by atoms with Crippen molar-refractivity contribution in [1.29, 1.82) is 0 Å². The molecule has 1 N–H and O–H groups in total. The van der Waals surface area contributed by atoms with Crippen molar-refractivity contribution in [2.45, 2.75) is 51.7 Å². The first-order valence-electron chi connectivity index (χ1n) is 6.75. The molecule has 0 saturated heterocycles. The van der Waals surface area contributed by atoms with Crippen molar-refractivity contribution in [3.63, 3.8) is 0 Å². The molecule has 0 radical (unpaired) electrons. The highest BCUT2D eigenvalue weighted by Gasteiger charge is 2.28. The third-order valence-corrected chi connectivity index (χ3v) is 3.25. The predicted molar refractivity (Wildman–Crippen MR) is 69.5 cm³/mol. The minimum absolute atomic E-state index is 0.301. The number of aryl methyl sites for hydroxylation is 1. The van der Waals surface area contributed by atoms with Gasteiger partial charge in [-0.25, -0.2) is 0 Å². The van der Waals surface area contributed by atoms with Gasteiger partial charge in [0, 0.05) is 18.2 Å². The standard InChI is InChI=1S/C13H19N5O/c1-9-5-15-18(7-9)8-10(2)14-6-12-16-13(17-19-12)11-3-4-11/h5,7,10-11,14H,3-4,6,8H2,1-2H3/t10-/m0/s1. The molecule has 1 aliphatic rings. The minimum atomic E-state index is 0.301. The van der Waals surface area contributed by atoms with Gasteiger partial charge in [-0.3, -0.25) is 4.68 Å². The molecule has 19 heavy (non-hydrogen) atoms. The fourth-order valence-corrected chi connectivity index (χ4v) is 2.02. The van der Waals surface area contributed by atoms with Crippen LogP contribution in [0.15, 0.2) is 16.9 Å². The highest BCUT2D eigenvalue weighted by molar-refractivity contribution is 5.03. The number of hydrogen-bond donors (Lipinski definition) is 1. The van der Waals surface area contributed by atoms with Gasteiger partial charge in [0.15, 0.2) is 5.82 Å². The quantitative estimate of drug-likeness (QED) is 0.856. The molecule has 1 aliphatic carbocycles. The summed E-state index contributed by atoms with van der Waals surface area (Å²) in [6.45, 7) is 5.60. The van der Waals surface area contributed by atoms with E-state index in [9.17, 15) is 0 Å². The Balaban J connectivity index is 1.47. The van der Waals surface area contributed by atoms with Crippen LogP contribution in [0.2, 0.25) is 0 Å². The summed E-state index contributed by atoms with van der Waals surface area (Å²) in [5.74, 6) is 2.08. The van der Waals surface area contributed by atoms with Crippen LogP contribution >= 0.6 is 0 Å². The average molecular weight is 261 g/mol. The lowest BCUT2D eigenvalue weighted by atomic mass is 10.3. The molecular formula is C13H19N5O. The van der Waals surface area contributed by atoms with E-state index in [0.29, 0.717) is 24.4 Å². The summed E-state index contributed by atoms with van der Waals surface area (Å²) in [6, 6.07) is 0.301. The van der Waals surface area contributed by atoms with Crippen molar-refractivity contribution < 1.29 is 4.52 Å². The average Bonchev–Trinajstić information content (AvgIpc) is 2.99. The molecule has 0 amide bonds. The Hall–Kier alpha value is -1.69. The van der Waals surface area contributed by atoms with Gasteiger partial charge in [0.25, 0.3) is 0 Å². The summed E-state index contributed by atoms with van der Waals surface area (Å²) in [5.41, 5.74) is 1.18. The van der Waals surface area contributed by atoms with Gasteiger partial charge in [-0.2, -0.15) is 10.1 Å². The van der Waals surface area contributed by atoms with Crippen LogP contribution in [-0.2, 0) is 13.1 Å². The third kappa shape index (κ3) is 3.20. The van der Waals surface area contributed by atoms with Crippen molar-refractivity contribution in [3.05, 3.63) is 29.7 Å². The summed E-state index contributed by atoms with van der Waals surface area (Å²) in [7, 11) is 0. The molecule has 1 atom stereocenters. The van der Waals surface area contributed by atoms with Crippen molar-refractivity contribution >= 4 is 0 Å². The molecule has 6 heteroatoms. The van der Waals surface area contributed by atoms with Crippen molar-refractivity contribution in [1.82, 2.24) is 25.2 Å². The molecular weight excluding hydrogens is 242 g/mol. The van der Waals surface area contributed by atoms with Crippen LogP contribution in [0.5, 0.6) is 0 Å². The van der Waals surface area contributed by atoms with Gasteiger partial charge in [0.1, 0.15) is 0 Å². The largest absolute Gasteiger partial charge is 0.338 e. The Morgan fingerprint density at radius 3 is 3.05 bits per heavy atom. The lowest BCUT2D eigenvalue weighted by Crippen LogP contribution is -2.30. The highest BCUT2D eigenvalue weighted by Crippen LogP contribution is 2.37. The molecule has 1 saturated carbocycles. The Morgan fingerprint density at radius 2 is 2.37 bits per heavy atom. The van der Waals surface area contributed by atoms with E-state index in [2.05, 4.69) is 27.5 Å². The van der Waals surface area contributed by atoms with Crippen molar-refractivity contribution in [2.75, 3.05) is 0 Å².